The lowest BCUT2D eigenvalue weighted by atomic mass is 9.98. The monoisotopic (exact) mass is 361 g/mol. The lowest BCUT2D eigenvalue weighted by Gasteiger charge is -2.33. The first-order valence-electron chi connectivity index (χ1n) is 7.16. The summed E-state index contributed by atoms with van der Waals surface area (Å²) < 4.78 is 45.5. The van der Waals surface area contributed by atoms with Gasteiger partial charge in [0.1, 0.15) is 0 Å². The van der Waals surface area contributed by atoms with Gasteiger partial charge in [0.15, 0.2) is 0 Å². The van der Waals surface area contributed by atoms with E-state index in [1.54, 1.807) is 0 Å². The third kappa shape index (κ3) is 4.47. The van der Waals surface area contributed by atoms with Crippen LogP contribution in [0.3, 0.4) is 0 Å². The zero-order chi connectivity index (χ0) is 18.7. The van der Waals surface area contributed by atoms with Crippen molar-refractivity contribution in [2.45, 2.75) is 18.4 Å². The topological polar surface area (TPSA) is 94.2 Å². The zero-order valence-corrected chi connectivity index (χ0v) is 12.8. The van der Waals surface area contributed by atoms with Gasteiger partial charge in [-0.15, -0.1) is 0 Å². The molecule has 1 fully saturated rings. The van der Waals surface area contributed by atoms with Crippen LogP contribution in [0.2, 0.25) is 0 Å². The Hall–Kier alpha value is -2.62. The number of para-hydroxylation sites is 1. The van der Waals surface area contributed by atoms with E-state index in [0.717, 1.165) is 16.5 Å². The van der Waals surface area contributed by atoms with Crippen molar-refractivity contribution in [1.82, 2.24) is 15.6 Å². The van der Waals surface area contributed by atoms with Crippen molar-refractivity contribution in [3.05, 3.63) is 36.0 Å². The Labute approximate surface area is 139 Å². The van der Waals surface area contributed by atoms with Gasteiger partial charge in [-0.05, 0) is 11.6 Å². The molecule has 0 atom stereocenters. The Morgan fingerprint density at radius 2 is 1.84 bits per heavy atom. The van der Waals surface area contributed by atoms with Gasteiger partial charge in [0.25, 0.3) is 5.91 Å². The highest BCUT2D eigenvalue weighted by atomic mass is 19.4. The molecule has 1 aliphatic rings. The minimum atomic E-state index is -5.08. The van der Waals surface area contributed by atoms with Crippen molar-refractivity contribution >= 4 is 22.8 Å². The first kappa shape index (κ1) is 18.7. The fraction of sp³-hybridized carbons (Fsp3) is 0.333. The molecule has 0 bridgehead atoms. The summed E-state index contributed by atoms with van der Waals surface area (Å²) in [7, 11) is 0. The summed E-state index contributed by atoms with van der Waals surface area (Å²) in [5, 5.41) is 13.6. The quantitative estimate of drug-likeness (QED) is 0.627. The van der Waals surface area contributed by atoms with E-state index in [4.69, 9.17) is 9.90 Å². The molecule has 2 heterocycles. The summed E-state index contributed by atoms with van der Waals surface area (Å²) in [4.78, 5) is 23.7. The lowest BCUT2D eigenvalue weighted by Crippen LogP contribution is -2.64. The van der Waals surface area contributed by atoms with E-state index in [-0.39, 0.29) is 13.1 Å². The molecule has 6 nitrogen and oxygen atoms in total. The first-order valence-corrected chi connectivity index (χ1v) is 7.16. The highest BCUT2D eigenvalue weighted by molar-refractivity contribution is 5.88. The number of hydrogen-bond acceptors (Lipinski definition) is 3. The van der Waals surface area contributed by atoms with E-state index in [0.29, 0.717) is 6.54 Å². The van der Waals surface area contributed by atoms with Gasteiger partial charge in [0.2, 0.25) is 5.67 Å². The average molecular weight is 361 g/mol. The number of carbonyl (C=O) groups excluding carboxylic acids is 1. The molecule has 3 rings (SSSR count). The molecule has 1 aromatic carbocycles. The molecule has 25 heavy (non-hydrogen) atoms. The summed E-state index contributed by atoms with van der Waals surface area (Å²) in [5.41, 5.74) is 0.253. The number of H-pyrrole nitrogens is 1. The Kier molecular flexibility index (Phi) is 5.31. The molecule has 2 aromatic rings. The second-order valence-electron chi connectivity index (χ2n) is 5.41. The Morgan fingerprint density at radius 1 is 1.24 bits per heavy atom. The summed E-state index contributed by atoms with van der Waals surface area (Å²) in [6.45, 7) is 0.550. The van der Waals surface area contributed by atoms with E-state index >= 15 is 0 Å². The van der Waals surface area contributed by atoms with Crippen LogP contribution in [0.15, 0.2) is 30.5 Å². The van der Waals surface area contributed by atoms with Crippen LogP contribution in [-0.2, 0) is 16.1 Å². The van der Waals surface area contributed by atoms with Crippen LogP contribution < -0.4 is 10.6 Å². The SMILES string of the molecule is O=C(NCc1c[nH]c2ccccc12)C1(F)CNC1.O=C(O)C(F)(F)F. The van der Waals surface area contributed by atoms with Crippen LogP contribution in [0.4, 0.5) is 17.6 Å². The van der Waals surface area contributed by atoms with Gasteiger partial charge >= 0.3 is 12.1 Å². The third-order valence-corrected chi connectivity index (χ3v) is 3.57. The van der Waals surface area contributed by atoms with Crippen molar-refractivity contribution in [3.8, 4) is 0 Å². The normalized spacial score (nSPS) is 15.7. The van der Waals surface area contributed by atoms with Gasteiger partial charge in [0.05, 0.1) is 0 Å². The maximum atomic E-state index is 13.8. The number of aliphatic carboxylic acids is 1. The highest BCUT2D eigenvalue weighted by Crippen LogP contribution is 2.19. The van der Waals surface area contributed by atoms with Crippen molar-refractivity contribution in [2.24, 2.45) is 0 Å². The molecule has 0 aliphatic carbocycles. The Balaban J connectivity index is 0.000000277. The number of fused-ring (bicyclic) bond motifs is 1. The van der Waals surface area contributed by atoms with E-state index < -0.39 is 23.7 Å². The number of benzene rings is 1. The van der Waals surface area contributed by atoms with Gasteiger partial charge < -0.3 is 20.7 Å². The second kappa shape index (κ2) is 7.09. The molecule has 10 heteroatoms. The zero-order valence-electron chi connectivity index (χ0n) is 12.8. The molecule has 136 valence electrons. The number of aromatic nitrogens is 1. The maximum Gasteiger partial charge on any atom is 0.490 e. The van der Waals surface area contributed by atoms with Crippen molar-refractivity contribution in [2.75, 3.05) is 13.1 Å². The number of halogens is 4. The number of rotatable bonds is 3. The molecule has 4 N–H and O–H groups in total. The van der Waals surface area contributed by atoms with Crippen LogP contribution >= 0.6 is 0 Å². The van der Waals surface area contributed by atoms with Gasteiger partial charge in [0, 0.05) is 36.7 Å². The number of amides is 1. The summed E-state index contributed by atoms with van der Waals surface area (Å²) >= 11 is 0. The number of carboxylic acids is 1. The number of nitrogens with one attached hydrogen (secondary N) is 3. The number of carbonyl (C=O) groups is 2. The van der Waals surface area contributed by atoms with Crippen LogP contribution in [0.5, 0.6) is 0 Å². The molecule has 1 aromatic heterocycles. The summed E-state index contributed by atoms with van der Waals surface area (Å²) in [6.07, 6.45) is -3.24. The molecular formula is C15H15F4N3O3. The fourth-order valence-electron chi connectivity index (χ4n) is 2.12. The van der Waals surface area contributed by atoms with Crippen molar-refractivity contribution in [1.29, 1.82) is 0 Å². The molecule has 0 unspecified atom stereocenters. The summed E-state index contributed by atoms with van der Waals surface area (Å²) in [6, 6.07) is 7.82. The van der Waals surface area contributed by atoms with E-state index in [1.165, 1.54) is 0 Å². The van der Waals surface area contributed by atoms with E-state index in [9.17, 15) is 22.4 Å². The van der Waals surface area contributed by atoms with Crippen LogP contribution in [0.25, 0.3) is 10.9 Å². The standard InChI is InChI=1S/C13H14FN3O.C2HF3O2/c14-13(7-15-8-13)12(18)17-6-9-5-16-11-4-2-1-3-10(9)11;3-2(4,5)1(6)7/h1-5,15-16H,6-8H2,(H,17,18);(H,6,7). The number of hydrogen-bond donors (Lipinski definition) is 4. The van der Waals surface area contributed by atoms with Gasteiger partial charge in [-0.1, -0.05) is 18.2 Å². The fourth-order valence-corrected chi connectivity index (χ4v) is 2.12. The van der Waals surface area contributed by atoms with Crippen molar-refractivity contribution in [3.63, 3.8) is 0 Å². The maximum absolute atomic E-state index is 13.8. The number of carboxylic acid groups (broad SMARTS) is 1. The largest absolute Gasteiger partial charge is 0.490 e. The third-order valence-electron chi connectivity index (χ3n) is 3.57. The molecule has 1 saturated heterocycles. The molecule has 0 saturated carbocycles. The Bertz CT molecular complexity index is 769. The predicted molar refractivity (Wildman–Crippen MR) is 80.5 cm³/mol. The van der Waals surface area contributed by atoms with Crippen molar-refractivity contribution < 1.29 is 32.3 Å². The smallest absolute Gasteiger partial charge is 0.475 e. The van der Waals surface area contributed by atoms with Gasteiger partial charge in [-0.3, -0.25) is 4.79 Å². The molecule has 0 spiro atoms. The van der Waals surface area contributed by atoms with E-state index in [2.05, 4.69) is 15.6 Å². The Morgan fingerprint density at radius 3 is 2.36 bits per heavy atom. The van der Waals surface area contributed by atoms with Gasteiger partial charge in [-0.2, -0.15) is 13.2 Å². The number of alkyl halides is 4. The highest BCUT2D eigenvalue weighted by Gasteiger charge is 2.44. The van der Waals surface area contributed by atoms with Crippen LogP contribution in [0.1, 0.15) is 5.56 Å². The predicted octanol–water partition coefficient (Wildman–Crippen LogP) is 1.73. The van der Waals surface area contributed by atoms with Gasteiger partial charge in [-0.25, -0.2) is 9.18 Å². The minimum Gasteiger partial charge on any atom is -0.475 e. The minimum absolute atomic E-state index is 0.104. The lowest BCUT2D eigenvalue weighted by molar-refractivity contribution is -0.192. The number of aromatic amines is 1. The molecule has 0 radical (unpaired) electrons. The second-order valence-corrected chi connectivity index (χ2v) is 5.41. The molecular weight excluding hydrogens is 346 g/mol. The average Bonchev–Trinajstić information content (AvgIpc) is 2.93. The summed E-state index contributed by atoms with van der Waals surface area (Å²) in [5.74, 6) is -3.29. The molecule has 1 amide bonds. The molecule has 1 aliphatic heterocycles. The first-order chi connectivity index (χ1) is 11.6. The van der Waals surface area contributed by atoms with Crippen LogP contribution in [-0.4, -0.2) is 46.9 Å². The van der Waals surface area contributed by atoms with E-state index in [1.807, 2.05) is 30.5 Å². The van der Waals surface area contributed by atoms with Crippen LogP contribution in [0, 0.1) is 0 Å².